The lowest BCUT2D eigenvalue weighted by atomic mass is 10.1. The smallest absolute Gasteiger partial charge is 0.229 e. The average molecular weight is 335 g/mol. The van der Waals surface area contributed by atoms with Gasteiger partial charge in [-0.05, 0) is 35.7 Å². The molecule has 0 bridgehead atoms. The van der Waals surface area contributed by atoms with Crippen LogP contribution in [0.2, 0.25) is 0 Å². The Morgan fingerprint density at radius 3 is 2.79 bits per heavy atom. The number of carbonyl (C=O) groups excluding carboxylic acids is 1. The maximum absolute atomic E-state index is 12.0. The molecule has 0 fully saturated rings. The quantitative estimate of drug-likeness (QED) is 0.622. The van der Waals surface area contributed by atoms with Crippen molar-refractivity contribution < 1.29 is 4.79 Å². The van der Waals surface area contributed by atoms with Crippen molar-refractivity contribution in [2.75, 3.05) is 5.32 Å². The highest BCUT2D eigenvalue weighted by Gasteiger charge is 2.06. The topological polar surface area (TPSA) is 72.2 Å². The summed E-state index contributed by atoms with van der Waals surface area (Å²) in [7, 11) is 0. The number of thiophene rings is 1. The lowest BCUT2D eigenvalue weighted by molar-refractivity contribution is -0.115. The van der Waals surface area contributed by atoms with Crippen LogP contribution in [0.1, 0.15) is 4.88 Å². The van der Waals surface area contributed by atoms with Gasteiger partial charge in [0, 0.05) is 16.1 Å². The molecule has 24 heavy (non-hydrogen) atoms. The van der Waals surface area contributed by atoms with Crippen LogP contribution in [-0.2, 0) is 11.2 Å². The zero-order valence-electron chi connectivity index (χ0n) is 12.6. The molecule has 1 aromatic carbocycles. The van der Waals surface area contributed by atoms with Gasteiger partial charge in [0.2, 0.25) is 5.91 Å². The van der Waals surface area contributed by atoms with Crippen molar-refractivity contribution in [3.05, 3.63) is 65.1 Å². The summed E-state index contributed by atoms with van der Waals surface area (Å²) in [6, 6.07) is 15.3. The molecule has 0 spiro atoms. The molecule has 0 aliphatic heterocycles. The zero-order valence-corrected chi connectivity index (χ0v) is 13.4. The van der Waals surface area contributed by atoms with Gasteiger partial charge >= 0.3 is 0 Å². The number of amides is 1. The maximum Gasteiger partial charge on any atom is 0.229 e. The molecule has 0 unspecified atom stereocenters. The molecular weight excluding hydrogens is 322 g/mol. The van der Waals surface area contributed by atoms with Crippen molar-refractivity contribution >= 4 is 28.6 Å². The van der Waals surface area contributed by atoms with E-state index >= 15 is 0 Å². The van der Waals surface area contributed by atoms with Crippen LogP contribution in [0.25, 0.3) is 16.9 Å². The Balaban J connectivity index is 1.48. The Bertz CT molecular complexity index is 976. The third kappa shape index (κ3) is 3.02. The molecule has 0 saturated carbocycles. The number of benzene rings is 1. The normalized spacial score (nSPS) is 10.8. The van der Waals surface area contributed by atoms with Crippen molar-refractivity contribution in [2.45, 2.75) is 6.42 Å². The van der Waals surface area contributed by atoms with Gasteiger partial charge in [-0.2, -0.15) is 9.61 Å². The predicted molar refractivity (Wildman–Crippen MR) is 92.9 cm³/mol. The van der Waals surface area contributed by atoms with Gasteiger partial charge in [-0.25, -0.2) is 0 Å². The molecule has 0 radical (unpaired) electrons. The fourth-order valence-corrected chi connectivity index (χ4v) is 3.09. The second kappa shape index (κ2) is 6.21. The molecule has 0 aliphatic rings. The first-order chi connectivity index (χ1) is 11.8. The van der Waals surface area contributed by atoms with E-state index in [1.165, 1.54) is 0 Å². The van der Waals surface area contributed by atoms with E-state index in [4.69, 9.17) is 0 Å². The van der Waals surface area contributed by atoms with Crippen molar-refractivity contribution in [3.63, 3.8) is 0 Å². The highest BCUT2D eigenvalue weighted by Crippen LogP contribution is 2.20. The number of anilines is 1. The largest absolute Gasteiger partial charge is 0.326 e. The number of rotatable bonds is 4. The van der Waals surface area contributed by atoms with Crippen LogP contribution < -0.4 is 5.32 Å². The number of hydrogen-bond donors (Lipinski definition) is 1. The van der Waals surface area contributed by atoms with Gasteiger partial charge in [-0.3, -0.25) is 4.79 Å². The van der Waals surface area contributed by atoms with Crippen LogP contribution in [0.3, 0.4) is 0 Å². The van der Waals surface area contributed by atoms with Gasteiger partial charge in [0.15, 0.2) is 5.65 Å². The minimum Gasteiger partial charge on any atom is -0.326 e. The Labute approximate surface area is 141 Å². The number of fused-ring (bicyclic) bond motifs is 1. The van der Waals surface area contributed by atoms with E-state index in [1.807, 2.05) is 53.9 Å². The van der Waals surface area contributed by atoms with E-state index in [2.05, 4.69) is 20.6 Å². The van der Waals surface area contributed by atoms with Crippen molar-refractivity contribution in [1.29, 1.82) is 0 Å². The second-order valence-corrected chi connectivity index (χ2v) is 6.27. The molecule has 0 atom stereocenters. The van der Waals surface area contributed by atoms with Crippen LogP contribution in [0.15, 0.2) is 60.2 Å². The number of carbonyl (C=O) groups is 1. The van der Waals surface area contributed by atoms with Gasteiger partial charge in [0.1, 0.15) is 6.33 Å². The van der Waals surface area contributed by atoms with E-state index in [0.29, 0.717) is 12.1 Å². The van der Waals surface area contributed by atoms with E-state index in [0.717, 1.165) is 21.8 Å². The Morgan fingerprint density at radius 1 is 1.12 bits per heavy atom. The predicted octanol–water partition coefficient (Wildman–Crippen LogP) is 3.03. The van der Waals surface area contributed by atoms with Crippen LogP contribution in [-0.4, -0.2) is 25.7 Å². The van der Waals surface area contributed by atoms with E-state index in [9.17, 15) is 4.79 Å². The van der Waals surface area contributed by atoms with Gasteiger partial charge in [-0.15, -0.1) is 21.5 Å². The van der Waals surface area contributed by atoms with Gasteiger partial charge < -0.3 is 5.32 Å². The maximum atomic E-state index is 12.0. The van der Waals surface area contributed by atoms with Gasteiger partial charge in [-0.1, -0.05) is 18.2 Å². The molecule has 1 amide bonds. The standard InChI is InChI=1S/C17H13N5OS/c23-17(10-14-2-1-9-24-14)19-13-5-3-12(4-6-13)15-7-8-16-20-18-11-22(16)21-15/h1-9,11H,10H2,(H,19,23). The SMILES string of the molecule is O=C(Cc1cccs1)Nc1ccc(-c2ccc3nncn3n2)cc1. The number of aromatic nitrogens is 4. The number of nitrogens with zero attached hydrogens (tertiary/aromatic N) is 4. The average Bonchev–Trinajstić information content (AvgIpc) is 3.26. The first-order valence-electron chi connectivity index (χ1n) is 7.38. The van der Waals surface area contributed by atoms with E-state index in [1.54, 1.807) is 22.2 Å². The summed E-state index contributed by atoms with van der Waals surface area (Å²) in [5.74, 6) is -0.0192. The van der Waals surface area contributed by atoms with Crippen LogP contribution in [0.4, 0.5) is 5.69 Å². The lowest BCUT2D eigenvalue weighted by Gasteiger charge is -2.06. The van der Waals surface area contributed by atoms with Gasteiger partial charge in [0.25, 0.3) is 0 Å². The fourth-order valence-electron chi connectivity index (χ4n) is 2.38. The molecular formula is C17H13N5OS. The highest BCUT2D eigenvalue weighted by atomic mass is 32.1. The molecule has 0 saturated heterocycles. The first-order valence-corrected chi connectivity index (χ1v) is 8.26. The molecule has 7 heteroatoms. The van der Waals surface area contributed by atoms with E-state index < -0.39 is 0 Å². The number of hydrogen-bond acceptors (Lipinski definition) is 5. The second-order valence-electron chi connectivity index (χ2n) is 5.23. The summed E-state index contributed by atoms with van der Waals surface area (Å²) in [5, 5.41) is 17.1. The molecule has 4 rings (SSSR count). The van der Waals surface area contributed by atoms with Crippen molar-refractivity contribution in [1.82, 2.24) is 19.8 Å². The molecule has 3 heterocycles. The summed E-state index contributed by atoms with van der Waals surface area (Å²) >= 11 is 1.58. The van der Waals surface area contributed by atoms with Crippen LogP contribution >= 0.6 is 11.3 Å². The summed E-state index contributed by atoms with van der Waals surface area (Å²) < 4.78 is 1.63. The third-order valence-corrected chi connectivity index (χ3v) is 4.42. The number of nitrogens with one attached hydrogen (secondary N) is 1. The Kier molecular flexibility index (Phi) is 3.76. The molecule has 0 aliphatic carbocycles. The summed E-state index contributed by atoms with van der Waals surface area (Å²) in [4.78, 5) is 13.1. The molecule has 118 valence electrons. The van der Waals surface area contributed by atoms with Crippen LogP contribution in [0.5, 0.6) is 0 Å². The van der Waals surface area contributed by atoms with Crippen molar-refractivity contribution in [2.24, 2.45) is 0 Å². The van der Waals surface area contributed by atoms with E-state index in [-0.39, 0.29) is 5.91 Å². The van der Waals surface area contributed by atoms with Gasteiger partial charge in [0.05, 0.1) is 12.1 Å². The zero-order chi connectivity index (χ0) is 16.4. The summed E-state index contributed by atoms with van der Waals surface area (Å²) in [6.07, 6.45) is 1.96. The molecule has 6 nitrogen and oxygen atoms in total. The monoisotopic (exact) mass is 335 g/mol. The minimum absolute atomic E-state index is 0.0192. The summed E-state index contributed by atoms with van der Waals surface area (Å²) in [6.45, 7) is 0. The molecule has 3 aromatic heterocycles. The Hall–Kier alpha value is -3.06. The minimum atomic E-state index is -0.0192. The molecule has 1 N–H and O–H groups in total. The lowest BCUT2D eigenvalue weighted by Crippen LogP contribution is -2.13. The first kappa shape index (κ1) is 14.5. The highest BCUT2D eigenvalue weighted by molar-refractivity contribution is 7.10. The summed E-state index contributed by atoms with van der Waals surface area (Å²) in [5.41, 5.74) is 3.25. The third-order valence-electron chi connectivity index (χ3n) is 3.54. The fraction of sp³-hybridized carbons (Fsp3) is 0.0588. The van der Waals surface area contributed by atoms with Crippen LogP contribution in [0, 0.1) is 0 Å². The van der Waals surface area contributed by atoms with Crippen molar-refractivity contribution in [3.8, 4) is 11.3 Å². The molecule has 4 aromatic rings. The Morgan fingerprint density at radius 2 is 2.00 bits per heavy atom.